The van der Waals surface area contributed by atoms with Gasteiger partial charge in [0.05, 0.1) is 27.7 Å². The van der Waals surface area contributed by atoms with E-state index in [1.807, 2.05) is 21.1 Å². The molecule has 0 aromatic carbocycles. The van der Waals surface area contributed by atoms with Crippen molar-refractivity contribution in [3.8, 4) is 0 Å². The van der Waals surface area contributed by atoms with E-state index in [0.717, 1.165) is 64.2 Å². The molecule has 0 aliphatic heterocycles. The third-order valence-electron chi connectivity index (χ3n) is 6.28. The summed E-state index contributed by atoms with van der Waals surface area (Å²) in [5, 5.41) is 9.84. The fraction of sp³-hybridized carbons (Fsp3) is 0.676. The molecule has 0 aromatic rings. The second-order valence-corrected chi connectivity index (χ2v) is 13.1. The van der Waals surface area contributed by atoms with Crippen molar-refractivity contribution < 1.29 is 37.6 Å². The zero-order valence-corrected chi connectivity index (χ0v) is 28.3. The molecule has 9 heteroatoms. The number of quaternary nitrogens is 1. The average molecular weight is 626 g/mol. The van der Waals surface area contributed by atoms with E-state index in [1.165, 1.54) is 19.3 Å². The number of allylic oxidation sites excluding steroid dienone is 10. The number of likely N-dealkylation sites (N-methyl/N-ethyl adjacent to an activating group) is 1. The third-order valence-corrected chi connectivity index (χ3v) is 7.25. The van der Waals surface area contributed by atoms with Gasteiger partial charge in [0.15, 0.2) is 0 Å². The lowest BCUT2D eigenvalue weighted by atomic mass is 10.1. The summed E-state index contributed by atoms with van der Waals surface area (Å²) >= 11 is 0. The molecule has 43 heavy (non-hydrogen) atoms. The smallest absolute Gasteiger partial charge is 0.305 e. The van der Waals surface area contributed by atoms with Gasteiger partial charge >= 0.3 is 5.97 Å². The van der Waals surface area contributed by atoms with Crippen LogP contribution in [0.3, 0.4) is 0 Å². The first kappa shape index (κ1) is 41.2. The second-order valence-electron chi connectivity index (χ2n) is 11.6. The molecule has 0 amide bonds. The van der Waals surface area contributed by atoms with Crippen molar-refractivity contribution in [2.24, 2.45) is 0 Å². The minimum Gasteiger partial charge on any atom is -0.756 e. The first-order valence-electron chi connectivity index (χ1n) is 16.0. The number of esters is 1. The van der Waals surface area contributed by atoms with E-state index in [9.17, 15) is 19.4 Å². The molecule has 0 spiro atoms. The van der Waals surface area contributed by atoms with Crippen LogP contribution in [0, 0.1) is 0 Å². The Bertz CT molecular complexity index is 874. The molecular weight excluding hydrogens is 565 g/mol. The Morgan fingerprint density at radius 1 is 0.744 bits per heavy atom. The van der Waals surface area contributed by atoms with Crippen molar-refractivity contribution in [2.75, 3.05) is 47.5 Å². The molecule has 2 unspecified atom stereocenters. The quantitative estimate of drug-likeness (QED) is 0.0318. The largest absolute Gasteiger partial charge is 0.756 e. The Labute approximate surface area is 262 Å². The summed E-state index contributed by atoms with van der Waals surface area (Å²) in [5.41, 5.74) is 0. The lowest BCUT2D eigenvalue weighted by Gasteiger charge is -2.27. The maximum atomic E-state index is 11.9. The van der Waals surface area contributed by atoms with Crippen molar-refractivity contribution in [1.29, 1.82) is 0 Å². The Morgan fingerprint density at radius 3 is 1.77 bits per heavy atom. The van der Waals surface area contributed by atoms with Crippen LogP contribution in [0.5, 0.6) is 0 Å². The Morgan fingerprint density at radius 2 is 1.23 bits per heavy atom. The highest BCUT2D eigenvalue weighted by Gasteiger charge is 2.16. The molecule has 0 aliphatic carbocycles. The average Bonchev–Trinajstić information content (AvgIpc) is 2.94. The van der Waals surface area contributed by atoms with E-state index < -0.39 is 26.5 Å². The molecule has 8 nitrogen and oxygen atoms in total. The maximum absolute atomic E-state index is 11.9. The molecule has 2 atom stereocenters. The third kappa shape index (κ3) is 32.9. The molecule has 0 fully saturated rings. The number of carbonyl (C=O) groups excluding carboxylic acids is 1. The first-order valence-corrected chi connectivity index (χ1v) is 17.5. The molecular formula is C34H60NO7P. The van der Waals surface area contributed by atoms with Crippen molar-refractivity contribution in [2.45, 2.75) is 103 Å². The van der Waals surface area contributed by atoms with Crippen molar-refractivity contribution in [3.63, 3.8) is 0 Å². The maximum Gasteiger partial charge on any atom is 0.305 e. The summed E-state index contributed by atoms with van der Waals surface area (Å²) < 4.78 is 26.7. The monoisotopic (exact) mass is 625 g/mol. The number of unbranched alkanes of at least 4 members (excludes halogenated alkanes) is 7. The van der Waals surface area contributed by atoms with Gasteiger partial charge in [-0.1, -0.05) is 99.8 Å². The summed E-state index contributed by atoms with van der Waals surface area (Å²) in [6.45, 7) is 1.80. The SMILES string of the molecule is CC/C=C\C/C=C\C/C=C\C/C=C\C/C=C\CCCCCCCCCC(=O)OCC(O)COP(=O)([O-])OCC[N+](C)(C)C. The summed E-state index contributed by atoms with van der Waals surface area (Å²) in [4.78, 5) is 23.6. The van der Waals surface area contributed by atoms with E-state index >= 15 is 0 Å². The van der Waals surface area contributed by atoms with E-state index in [4.69, 9.17) is 9.26 Å². The van der Waals surface area contributed by atoms with Gasteiger partial charge in [0.1, 0.15) is 25.9 Å². The number of phosphoric acid groups is 1. The van der Waals surface area contributed by atoms with Crippen LogP contribution in [0.4, 0.5) is 0 Å². The topological polar surface area (TPSA) is 105 Å². The van der Waals surface area contributed by atoms with E-state index in [-0.39, 0.29) is 19.6 Å². The Balaban J connectivity index is 3.59. The number of carbonyl (C=O) groups is 1. The van der Waals surface area contributed by atoms with Crippen molar-refractivity contribution >= 4 is 13.8 Å². The number of aliphatic hydroxyl groups is 1. The van der Waals surface area contributed by atoms with Crippen LogP contribution in [-0.4, -0.2) is 69.2 Å². The van der Waals surface area contributed by atoms with Crippen LogP contribution in [0.15, 0.2) is 60.8 Å². The molecule has 0 heterocycles. The van der Waals surface area contributed by atoms with Gasteiger partial charge in [-0.15, -0.1) is 0 Å². The standard InChI is InChI=1S/C34H60NO7P/c1-5-6-7-8-9-10-11-12-13-14-15-16-17-18-19-20-21-22-23-24-25-26-27-28-34(37)40-31-33(36)32-42-43(38,39)41-30-29-35(2,3)4/h6-7,9-10,12-13,15-16,18-19,33,36H,5,8,11,14,17,20-32H2,1-4H3/b7-6-,10-9-,13-12-,16-15-,19-18-. The number of rotatable bonds is 28. The van der Waals surface area contributed by atoms with Crippen LogP contribution in [-0.2, 0) is 23.1 Å². The van der Waals surface area contributed by atoms with Gasteiger partial charge in [0.25, 0.3) is 7.82 Å². The number of hydrogen-bond acceptors (Lipinski definition) is 7. The second kappa shape index (κ2) is 27.7. The number of hydrogen-bond donors (Lipinski definition) is 1. The predicted molar refractivity (Wildman–Crippen MR) is 175 cm³/mol. The van der Waals surface area contributed by atoms with Gasteiger partial charge in [-0.2, -0.15) is 0 Å². The van der Waals surface area contributed by atoms with Gasteiger partial charge in [-0.3, -0.25) is 9.36 Å². The molecule has 0 rings (SSSR count). The van der Waals surface area contributed by atoms with E-state index in [2.05, 4.69) is 72.2 Å². The van der Waals surface area contributed by atoms with Crippen LogP contribution in [0.25, 0.3) is 0 Å². The van der Waals surface area contributed by atoms with Gasteiger partial charge in [0.2, 0.25) is 0 Å². The van der Waals surface area contributed by atoms with Crippen LogP contribution >= 0.6 is 7.82 Å². The van der Waals surface area contributed by atoms with Crippen LogP contribution in [0.2, 0.25) is 0 Å². The fourth-order valence-electron chi connectivity index (χ4n) is 3.73. The molecule has 0 bridgehead atoms. The summed E-state index contributed by atoms with van der Waals surface area (Å²) in [6.07, 6.45) is 35.0. The van der Waals surface area contributed by atoms with E-state index in [0.29, 0.717) is 11.0 Å². The Hall–Kier alpha value is -1.80. The minimum absolute atomic E-state index is 0.0134. The van der Waals surface area contributed by atoms with Crippen LogP contribution < -0.4 is 4.89 Å². The number of aliphatic hydroxyl groups excluding tert-OH is 1. The molecule has 248 valence electrons. The van der Waals surface area contributed by atoms with Gasteiger partial charge in [-0.25, -0.2) is 0 Å². The fourth-order valence-corrected chi connectivity index (χ4v) is 4.47. The number of ether oxygens (including phenoxy) is 1. The molecule has 0 radical (unpaired) electrons. The van der Waals surface area contributed by atoms with Crippen LogP contribution in [0.1, 0.15) is 96.8 Å². The zero-order valence-electron chi connectivity index (χ0n) is 27.4. The highest BCUT2D eigenvalue weighted by molar-refractivity contribution is 7.45. The molecule has 1 N–H and O–H groups in total. The minimum atomic E-state index is -4.50. The Kier molecular flexibility index (Phi) is 26.6. The summed E-state index contributed by atoms with van der Waals surface area (Å²) in [5.74, 6) is -0.402. The zero-order chi connectivity index (χ0) is 32.1. The molecule has 0 saturated carbocycles. The van der Waals surface area contributed by atoms with Gasteiger partial charge in [-0.05, 0) is 51.4 Å². The number of phosphoric ester groups is 1. The first-order chi connectivity index (χ1) is 20.6. The highest BCUT2D eigenvalue weighted by Crippen LogP contribution is 2.38. The summed E-state index contributed by atoms with van der Waals surface area (Å²) in [6, 6.07) is 0. The number of nitrogens with zero attached hydrogens (tertiary/aromatic N) is 1. The predicted octanol–water partition coefficient (Wildman–Crippen LogP) is 7.36. The highest BCUT2D eigenvalue weighted by atomic mass is 31.2. The van der Waals surface area contributed by atoms with Crippen molar-refractivity contribution in [3.05, 3.63) is 60.8 Å². The van der Waals surface area contributed by atoms with Crippen molar-refractivity contribution in [1.82, 2.24) is 0 Å². The van der Waals surface area contributed by atoms with Gasteiger partial charge in [0, 0.05) is 6.42 Å². The molecule has 0 aliphatic rings. The molecule has 0 aromatic heterocycles. The summed E-state index contributed by atoms with van der Waals surface area (Å²) in [7, 11) is 1.23. The van der Waals surface area contributed by atoms with E-state index in [1.54, 1.807) is 0 Å². The lowest BCUT2D eigenvalue weighted by molar-refractivity contribution is -0.870. The lowest BCUT2D eigenvalue weighted by Crippen LogP contribution is -2.37. The van der Waals surface area contributed by atoms with Gasteiger partial charge < -0.3 is 28.3 Å². The normalized spacial score (nSPS) is 15.0. The molecule has 0 saturated heterocycles.